The molecule has 0 atom stereocenters. The van der Waals surface area contributed by atoms with E-state index in [1.807, 2.05) is 65.5 Å². The highest BCUT2D eigenvalue weighted by Gasteiger charge is 2.15. The Bertz CT molecular complexity index is 1460. The Morgan fingerprint density at radius 1 is 0.909 bits per heavy atom. The maximum atomic E-state index is 12.3. The molecule has 5 rings (SSSR count). The predicted molar refractivity (Wildman–Crippen MR) is 136 cm³/mol. The van der Waals surface area contributed by atoms with Gasteiger partial charge in [-0.3, -0.25) is 9.69 Å². The minimum absolute atomic E-state index is 0.0284. The molecule has 0 N–H and O–H groups in total. The van der Waals surface area contributed by atoms with Crippen molar-refractivity contribution in [1.29, 1.82) is 0 Å². The van der Waals surface area contributed by atoms with Crippen LogP contribution in [0.4, 0.5) is 0 Å². The summed E-state index contributed by atoms with van der Waals surface area (Å²) in [5.41, 5.74) is 5.15. The van der Waals surface area contributed by atoms with Crippen LogP contribution in [0.15, 0.2) is 107 Å². The maximum Gasteiger partial charge on any atom is 0.189 e. The second kappa shape index (κ2) is 9.17. The summed E-state index contributed by atoms with van der Waals surface area (Å²) in [6.07, 6.45) is 3.96. The second-order valence-corrected chi connectivity index (χ2v) is 8.94. The largest absolute Gasteiger partial charge is 0.333 e. The van der Waals surface area contributed by atoms with Crippen LogP contribution >= 0.6 is 15.9 Å². The number of para-hydroxylation sites is 2. The Kier molecular flexibility index (Phi) is 5.94. The van der Waals surface area contributed by atoms with E-state index in [2.05, 4.69) is 62.9 Å². The van der Waals surface area contributed by atoms with E-state index < -0.39 is 0 Å². The van der Waals surface area contributed by atoms with E-state index >= 15 is 0 Å². The Hall–Kier alpha value is -3.48. The number of hydrogen-bond donors (Lipinski definition) is 0. The fourth-order valence-electron chi connectivity index (χ4n) is 4.12. The van der Waals surface area contributed by atoms with E-state index in [1.54, 1.807) is 6.07 Å². The van der Waals surface area contributed by atoms with E-state index in [-0.39, 0.29) is 5.43 Å². The van der Waals surface area contributed by atoms with Crippen LogP contribution < -0.4 is 5.43 Å². The molecule has 164 valence electrons. The summed E-state index contributed by atoms with van der Waals surface area (Å²) in [5.74, 6) is 0. The molecule has 33 heavy (non-hydrogen) atoms. The first kappa shape index (κ1) is 21.4. The molecule has 0 aliphatic heterocycles. The molecular formula is C27H23BrN4O. The van der Waals surface area contributed by atoms with Crippen molar-refractivity contribution >= 4 is 26.8 Å². The summed E-state index contributed by atoms with van der Waals surface area (Å²) in [6.45, 7) is 1.33. The van der Waals surface area contributed by atoms with Gasteiger partial charge in [-0.05, 0) is 47.2 Å². The number of benzene rings is 3. The van der Waals surface area contributed by atoms with Gasteiger partial charge < -0.3 is 4.57 Å². The van der Waals surface area contributed by atoms with Crippen LogP contribution in [-0.4, -0.2) is 26.3 Å². The SMILES string of the molecule is CN(Cc1cn(-c2ccccc2)nc1-c1ccccc1)Cn1ccc(=O)c2cccc(Br)c21. The molecular weight excluding hydrogens is 476 g/mol. The fourth-order valence-corrected chi connectivity index (χ4v) is 4.72. The van der Waals surface area contributed by atoms with Gasteiger partial charge in [-0.1, -0.05) is 54.6 Å². The molecule has 2 aromatic heterocycles. The molecule has 2 heterocycles. The molecule has 0 aliphatic rings. The fraction of sp³-hybridized carbons (Fsp3) is 0.111. The number of hydrogen-bond acceptors (Lipinski definition) is 3. The average Bonchev–Trinajstić information content (AvgIpc) is 3.26. The molecule has 0 aliphatic carbocycles. The first-order valence-electron chi connectivity index (χ1n) is 10.8. The zero-order valence-corrected chi connectivity index (χ0v) is 19.8. The van der Waals surface area contributed by atoms with Crippen LogP contribution in [0.1, 0.15) is 5.56 Å². The number of pyridine rings is 1. The Labute approximate surface area is 200 Å². The molecule has 6 heteroatoms. The number of rotatable bonds is 6. The molecule has 0 fully saturated rings. The lowest BCUT2D eigenvalue weighted by molar-refractivity contribution is 0.264. The molecule has 0 unspecified atom stereocenters. The third kappa shape index (κ3) is 4.40. The third-order valence-electron chi connectivity index (χ3n) is 5.64. The quantitative estimate of drug-likeness (QED) is 0.301. The van der Waals surface area contributed by atoms with Gasteiger partial charge in [0.25, 0.3) is 0 Å². The van der Waals surface area contributed by atoms with Gasteiger partial charge in [-0.2, -0.15) is 5.10 Å². The highest BCUT2D eigenvalue weighted by atomic mass is 79.9. The molecule has 0 saturated carbocycles. The molecule has 3 aromatic carbocycles. The van der Waals surface area contributed by atoms with E-state index in [1.165, 1.54) is 0 Å². The van der Waals surface area contributed by atoms with E-state index in [0.29, 0.717) is 18.6 Å². The van der Waals surface area contributed by atoms with Crippen molar-refractivity contribution in [2.45, 2.75) is 13.2 Å². The van der Waals surface area contributed by atoms with Gasteiger partial charge in [0, 0.05) is 46.0 Å². The summed E-state index contributed by atoms with van der Waals surface area (Å²) >= 11 is 3.62. The summed E-state index contributed by atoms with van der Waals surface area (Å²) in [5, 5.41) is 5.63. The van der Waals surface area contributed by atoms with Crippen molar-refractivity contribution in [3.05, 3.63) is 118 Å². The molecule has 0 radical (unpaired) electrons. The summed E-state index contributed by atoms with van der Waals surface area (Å²) < 4.78 is 4.95. The lowest BCUT2D eigenvalue weighted by Crippen LogP contribution is -2.23. The van der Waals surface area contributed by atoms with Gasteiger partial charge in [-0.25, -0.2) is 4.68 Å². The van der Waals surface area contributed by atoms with Gasteiger partial charge in [0.2, 0.25) is 0 Å². The predicted octanol–water partition coefficient (Wildman–Crippen LogP) is 5.71. The second-order valence-electron chi connectivity index (χ2n) is 8.09. The number of nitrogens with zero attached hydrogens (tertiary/aromatic N) is 4. The lowest BCUT2D eigenvalue weighted by Gasteiger charge is -2.20. The van der Waals surface area contributed by atoms with Crippen molar-refractivity contribution in [1.82, 2.24) is 19.2 Å². The van der Waals surface area contributed by atoms with Crippen LogP contribution in [0.25, 0.3) is 27.8 Å². The van der Waals surface area contributed by atoms with Gasteiger partial charge in [-0.15, -0.1) is 0 Å². The zero-order chi connectivity index (χ0) is 22.8. The molecule has 5 nitrogen and oxygen atoms in total. The van der Waals surface area contributed by atoms with Crippen molar-refractivity contribution in [3.8, 4) is 16.9 Å². The highest BCUT2D eigenvalue weighted by Crippen LogP contribution is 2.26. The first-order valence-corrected chi connectivity index (χ1v) is 11.5. The minimum atomic E-state index is 0.0284. The normalized spacial score (nSPS) is 11.4. The molecule has 0 saturated heterocycles. The van der Waals surface area contributed by atoms with Crippen LogP contribution in [0.3, 0.4) is 0 Å². The summed E-state index contributed by atoms with van der Waals surface area (Å²) in [6, 6.07) is 27.8. The highest BCUT2D eigenvalue weighted by molar-refractivity contribution is 9.10. The zero-order valence-electron chi connectivity index (χ0n) is 18.2. The summed E-state index contributed by atoms with van der Waals surface area (Å²) in [4.78, 5) is 14.6. The molecule has 0 bridgehead atoms. The van der Waals surface area contributed by atoms with Gasteiger partial charge in [0.1, 0.15) is 0 Å². The van der Waals surface area contributed by atoms with E-state index in [4.69, 9.17) is 5.10 Å². The number of halogens is 1. The van der Waals surface area contributed by atoms with Crippen molar-refractivity contribution in [2.75, 3.05) is 7.05 Å². The Morgan fingerprint density at radius 2 is 1.64 bits per heavy atom. The van der Waals surface area contributed by atoms with Crippen molar-refractivity contribution in [2.24, 2.45) is 0 Å². The molecule has 0 spiro atoms. The van der Waals surface area contributed by atoms with Crippen LogP contribution in [0.5, 0.6) is 0 Å². The molecule has 0 amide bonds. The number of aromatic nitrogens is 3. The van der Waals surface area contributed by atoms with Crippen molar-refractivity contribution in [3.63, 3.8) is 0 Å². The number of fused-ring (bicyclic) bond motifs is 1. The Balaban J connectivity index is 1.49. The standard InChI is InChI=1S/C27H23BrN4O/c1-30(19-31-16-15-25(33)23-13-8-14-24(28)27(23)31)17-21-18-32(22-11-6-3-7-12-22)29-26(21)20-9-4-2-5-10-20/h2-16,18H,17,19H2,1H3. The van der Waals surface area contributed by atoms with Crippen LogP contribution in [0, 0.1) is 0 Å². The lowest BCUT2D eigenvalue weighted by atomic mass is 10.1. The van der Waals surface area contributed by atoms with E-state index in [0.717, 1.165) is 32.5 Å². The average molecular weight is 499 g/mol. The smallest absolute Gasteiger partial charge is 0.189 e. The monoisotopic (exact) mass is 498 g/mol. The van der Waals surface area contributed by atoms with E-state index in [9.17, 15) is 4.79 Å². The first-order chi connectivity index (χ1) is 16.1. The van der Waals surface area contributed by atoms with Crippen LogP contribution in [-0.2, 0) is 13.2 Å². The van der Waals surface area contributed by atoms with Crippen LogP contribution in [0.2, 0.25) is 0 Å². The van der Waals surface area contributed by atoms with Gasteiger partial charge >= 0.3 is 0 Å². The summed E-state index contributed by atoms with van der Waals surface area (Å²) in [7, 11) is 2.08. The van der Waals surface area contributed by atoms with Crippen molar-refractivity contribution < 1.29 is 0 Å². The maximum absolute atomic E-state index is 12.3. The third-order valence-corrected chi connectivity index (χ3v) is 6.28. The molecule has 5 aromatic rings. The topological polar surface area (TPSA) is 43.1 Å². The minimum Gasteiger partial charge on any atom is -0.333 e. The van der Waals surface area contributed by atoms with Gasteiger partial charge in [0.05, 0.1) is 23.6 Å². The van der Waals surface area contributed by atoms with Gasteiger partial charge in [0.15, 0.2) is 5.43 Å². The Morgan fingerprint density at radius 3 is 2.39 bits per heavy atom.